The van der Waals surface area contributed by atoms with Gasteiger partial charge in [0.15, 0.2) is 5.78 Å². The van der Waals surface area contributed by atoms with Crippen molar-refractivity contribution in [1.82, 2.24) is 4.90 Å². The fraction of sp³-hybridized carbons (Fsp3) is 0.467. The van der Waals surface area contributed by atoms with Gasteiger partial charge in [-0.1, -0.05) is 12.1 Å². The van der Waals surface area contributed by atoms with Gasteiger partial charge in [-0.25, -0.2) is 0 Å². The van der Waals surface area contributed by atoms with Crippen molar-refractivity contribution in [3.05, 3.63) is 35.4 Å². The van der Waals surface area contributed by atoms with E-state index in [-0.39, 0.29) is 24.2 Å². The first-order valence-corrected chi connectivity index (χ1v) is 6.63. The van der Waals surface area contributed by atoms with E-state index in [9.17, 15) is 14.7 Å². The number of hydrogen-bond donors (Lipinski definition) is 1. The van der Waals surface area contributed by atoms with Gasteiger partial charge in [-0.3, -0.25) is 9.59 Å². The molecule has 0 aliphatic carbocycles. The van der Waals surface area contributed by atoms with Crippen molar-refractivity contribution < 1.29 is 14.7 Å². The second-order valence-corrected chi connectivity index (χ2v) is 5.08. The average Bonchev–Trinajstić information content (AvgIpc) is 2.46. The summed E-state index contributed by atoms with van der Waals surface area (Å²) in [6, 6.07) is 6.76. The smallest absolute Gasteiger partial charge is 0.253 e. The molecule has 1 heterocycles. The molecule has 1 unspecified atom stereocenters. The van der Waals surface area contributed by atoms with Crippen LogP contribution in [0.1, 0.15) is 40.5 Å². The Labute approximate surface area is 113 Å². The molecular formula is C15H19NO3. The molecule has 2 rings (SSSR count). The van der Waals surface area contributed by atoms with Crippen molar-refractivity contribution in [2.75, 3.05) is 19.7 Å². The Hall–Kier alpha value is -1.68. The lowest BCUT2D eigenvalue weighted by Gasteiger charge is -2.31. The number of likely N-dealkylation sites (tertiary alicyclic amines) is 1. The quantitative estimate of drug-likeness (QED) is 0.843. The van der Waals surface area contributed by atoms with Crippen LogP contribution in [0.5, 0.6) is 0 Å². The molecule has 19 heavy (non-hydrogen) atoms. The number of ketones is 1. The molecule has 1 aromatic rings. The summed E-state index contributed by atoms with van der Waals surface area (Å²) < 4.78 is 0. The molecule has 0 radical (unpaired) electrons. The highest BCUT2D eigenvalue weighted by Gasteiger charge is 2.23. The fourth-order valence-electron chi connectivity index (χ4n) is 2.43. The number of carbonyl (C=O) groups excluding carboxylic acids is 2. The van der Waals surface area contributed by atoms with Crippen LogP contribution >= 0.6 is 0 Å². The van der Waals surface area contributed by atoms with E-state index in [4.69, 9.17) is 0 Å². The summed E-state index contributed by atoms with van der Waals surface area (Å²) >= 11 is 0. The van der Waals surface area contributed by atoms with Crippen molar-refractivity contribution in [2.45, 2.75) is 19.8 Å². The summed E-state index contributed by atoms with van der Waals surface area (Å²) in [5.74, 6) is 0.166. The molecule has 102 valence electrons. The third kappa shape index (κ3) is 3.20. The Balaban J connectivity index is 2.08. The van der Waals surface area contributed by atoms with Gasteiger partial charge < -0.3 is 10.0 Å². The third-order valence-electron chi connectivity index (χ3n) is 3.60. The topological polar surface area (TPSA) is 57.6 Å². The van der Waals surface area contributed by atoms with E-state index < -0.39 is 0 Å². The monoisotopic (exact) mass is 261 g/mol. The molecule has 1 aromatic carbocycles. The Kier molecular flexibility index (Phi) is 4.32. The number of piperidine rings is 1. The number of nitrogens with zero attached hydrogens (tertiary/aromatic N) is 1. The van der Waals surface area contributed by atoms with Crippen LogP contribution in [0.15, 0.2) is 24.3 Å². The zero-order valence-corrected chi connectivity index (χ0v) is 11.1. The first-order chi connectivity index (χ1) is 9.11. The molecule has 1 saturated heterocycles. The van der Waals surface area contributed by atoms with E-state index in [1.54, 1.807) is 29.2 Å². The van der Waals surface area contributed by atoms with Gasteiger partial charge >= 0.3 is 0 Å². The Morgan fingerprint density at radius 2 is 1.89 bits per heavy atom. The molecule has 1 N–H and O–H groups in total. The lowest BCUT2D eigenvalue weighted by molar-refractivity contribution is 0.0620. The Morgan fingerprint density at radius 3 is 2.47 bits per heavy atom. The van der Waals surface area contributed by atoms with E-state index >= 15 is 0 Å². The van der Waals surface area contributed by atoms with Crippen LogP contribution in [-0.4, -0.2) is 41.4 Å². The van der Waals surface area contributed by atoms with Crippen molar-refractivity contribution in [2.24, 2.45) is 5.92 Å². The normalized spacial score (nSPS) is 19.3. The second-order valence-electron chi connectivity index (χ2n) is 5.08. The molecule has 1 amide bonds. The molecule has 1 atom stereocenters. The number of aliphatic hydroxyl groups is 1. The summed E-state index contributed by atoms with van der Waals surface area (Å²) in [5, 5.41) is 9.18. The van der Waals surface area contributed by atoms with Gasteiger partial charge in [0.25, 0.3) is 5.91 Å². The van der Waals surface area contributed by atoms with Crippen molar-refractivity contribution >= 4 is 11.7 Å². The zero-order valence-electron chi connectivity index (χ0n) is 11.1. The lowest BCUT2D eigenvalue weighted by atomic mass is 9.98. The summed E-state index contributed by atoms with van der Waals surface area (Å²) in [6.45, 7) is 2.99. The predicted octanol–water partition coefficient (Wildman–Crippen LogP) is 1.73. The first kappa shape index (κ1) is 13.7. The van der Waals surface area contributed by atoms with Gasteiger partial charge in [-0.15, -0.1) is 0 Å². The van der Waals surface area contributed by atoms with Crippen LogP contribution in [0.3, 0.4) is 0 Å². The molecule has 0 bridgehead atoms. The highest BCUT2D eigenvalue weighted by Crippen LogP contribution is 2.18. The molecule has 0 spiro atoms. The van der Waals surface area contributed by atoms with Gasteiger partial charge in [0.1, 0.15) is 0 Å². The molecule has 0 aromatic heterocycles. The molecule has 1 aliphatic rings. The number of hydrogen-bond acceptors (Lipinski definition) is 3. The number of aliphatic hydroxyl groups excluding tert-OH is 1. The minimum atomic E-state index is -0.0201. The van der Waals surface area contributed by atoms with Crippen molar-refractivity contribution in [1.29, 1.82) is 0 Å². The summed E-state index contributed by atoms with van der Waals surface area (Å²) in [6.07, 6.45) is 1.91. The van der Waals surface area contributed by atoms with E-state index in [2.05, 4.69) is 0 Å². The first-order valence-electron chi connectivity index (χ1n) is 6.63. The maximum Gasteiger partial charge on any atom is 0.253 e. The van der Waals surface area contributed by atoms with E-state index in [1.807, 2.05) is 0 Å². The minimum Gasteiger partial charge on any atom is -0.396 e. The molecular weight excluding hydrogens is 242 g/mol. The number of carbonyl (C=O) groups is 2. The SMILES string of the molecule is CC(=O)c1ccc(C(=O)N2CCCC(CO)C2)cc1. The number of amides is 1. The second kappa shape index (κ2) is 5.97. The van der Waals surface area contributed by atoms with E-state index in [0.29, 0.717) is 17.7 Å². The largest absolute Gasteiger partial charge is 0.396 e. The number of rotatable bonds is 3. The molecule has 1 aliphatic heterocycles. The summed E-state index contributed by atoms with van der Waals surface area (Å²) in [7, 11) is 0. The third-order valence-corrected chi connectivity index (χ3v) is 3.60. The van der Waals surface area contributed by atoms with Crippen LogP contribution in [0.4, 0.5) is 0 Å². The average molecular weight is 261 g/mol. The van der Waals surface area contributed by atoms with Gasteiger partial charge in [0.2, 0.25) is 0 Å². The molecule has 1 fully saturated rings. The summed E-state index contributed by atoms with van der Waals surface area (Å²) in [4.78, 5) is 25.3. The number of benzene rings is 1. The number of Topliss-reactive ketones (excluding diaryl/α,β-unsaturated/α-hetero) is 1. The predicted molar refractivity (Wildman–Crippen MR) is 72.2 cm³/mol. The van der Waals surface area contributed by atoms with Gasteiger partial charge in [-0.2, -0.15) is 0 Å². The highest BCUT2D eigenvalue weighted by atomic mass is 16.3. The summed E-state index contributed by atoms with van der Waals surface area (Å²) in [5.41, 5.74) is 1.21. The maximum absolute atomic E-state index is 12.3. The molecule has 0 saturated carbocycles. The van der Waals surface area contributed by atoms with E-state index in [0.717, 1.165) is 19.4 Å². The van der Waals surface area contributed by atoms with E-state index in [1.165, 1.54) is 6.92 Å². The zero-order chi connectivity index (χ0) is 13.8. The highest BCUT2D eigenvalue weighted by molar-refractivity contribution is 5.97. The maximum atomic E-state index is 12.3. The van der Waals surface area contributed by atoms with Crippen LogP contribution in [-0.2, 0) is 0 Å². The van der Waals surface area contributed by atoms with Gasteiger partial charge in [0.05, 0.1) is 0 Å². The van der Waals surface area contributed by atoms with Crippen molar-refractivity contribution in [3.63, 3.8) is 0 Å². The van der Waals surface area contributed by atoms with Crippen molar-refractivity contribution in [3.8, 4) is 0 Å². The lowest BCUT2D eigenvalue weighted by Crippen LogP contribution is -2.40. The fourth-order valence-corrected chi connectivity index (χ4v) is 2.43. The van der Waals surface area contributed by atoms with Crippen LogP contribution in [0.25, 0.3) is 0 Å². The van der Waals surface area contributed by atoms with Gasteiger partial charge in [-0.05, 0) is 37.8 Å². The van der Waals surface area contributed by atoms with Crippen LogP contribution in [0.2, 0.25) is 0 Å². The Bertz CT molecular complexity index is 467. The van der Waals surface area contributed by atoms with Gasteiger partial charge in [0, 0.05) is 30.8 Å². The molecule has 4 nitrogen and oxygen atoms in total. The standard InChI is InChI=1S/C15H19NO3/c1-11(18)13-4-6-14(7-5-13)15(19)16-8-2-3-12(9-16)10-17/h4-7,12,17H,2-3,8-10H2,1H3. The Morgan fingerprint density at radius 1 is 1.26 bits per heavy atom. The minimum absolute atomic E-state index is 0.00249. The van der Waals surface area contributed by atoms with Crippen LogP contribution < -0.4 is 0 Å². The molecule has 4 heteroatoms. The van der Waals surface area contributed by atoms with Crippen LogP contribution in [0, 0.1) is 5.92 Å².